The molecule has 0 spiro atoms. The van der Waals surface area contributed by atoms with E-state index in [2.05, 4.69) is 10.0 Å². The molecule has 20 heavy (non-hydrogen) atoms. The molecular formula is C10H17N3O5S2. The number of thiophene rings is 1. The topological polar surface area (TPSA) is 111 Å². The van der Waals surface area contributed by atoms with Crippen LogP contribution >= 0.6 is 11.3 Å². The van der Waals surface area contributed by atoms with E-state index < -0.39 is 21.0 Å². The first-order valence-electron chi connectivity index (χ1n) is 5.87. The van der Waals surface area contributed by atoms with Crippen LogP contribution in [0.2, 0.25) is 0 Å². The van der Waals surface area contributed by atoms with Crippen LogP contribution in [0.4, 0.5) is 10.7 Å². The number of hydrogen-bond acceptors (Lipinski definition) is 7. The van der Waals surface area contributed by atoms with Gasteiger partial charge in [0.2, 0.25) is 0 Å². The Hall–Kier alpha value is -1.23. The molecule has 0 radical (unpaired) electrons. The van der Waals surface area contributed by atoms with Gasteiger partial charge in [-0.3, -0.25) is 10.1 Å². The molecule has 1 aromatic rings. The molecule has 0 amide bonds. The average molecular weight is 323 g/mol. The highest BCUT2D eigenvalue weighted by atomic mass is 32.2. The Bertz CT molecular complexity index is 569. The molecule has 1 aromatic heterocycles. The van der Waals surface area contributed by atoms with Crippen molar-refractivity contribution in [2.75, 3.05) is 25.6 Å². The second-order valence-electron chi connectivity index (χ2n) is 3.97. The zero-order chi connectivity index (χ0) is 15.3. The molecule has 0 saturated carbocycles. The molecule has 2 N–H and O–H groups in total. The van der Waals surface area contributed by atoms with Crippen LogP contribution in [-0.2, 0) is 14.8 Å². The zero-order valence-corrected chi connectivity index (χ0v) is 13.0. The van der Waals surface area contributed by atoms with E-state index in [9.17, 15) is 18.5 Å². The lowest BCUT2D eigenvalue weighted by Crippen LogP contribution is -2.35. The summed E-state index contributed by atoms with van der Waals surface area (Å²) in [6.07, 6.45) is 0. The predicted molar refractivity (Wildman–Crippen MR) is 76.8 cm³/mol. The summed E-state index contributed by atoms with van der Waals surface area (Å²) >= 11 is 0.817. The van der Waals surface area contributed by atoms with Gasteiger partial charge in [0, 0.05) is 25.8 Å². The number of nitrogens with one attached hydrogen (secondary N) is 2. The van der Waals surface area contributed by atoms with Gasteiger partial charge < -0.3 is 10.1 Å². The van der Waals surface area contributed by atoms with Crippen LogP contribution in [0.5, 0.6) is 0 Å². The quantitative estimate of drug-likeness (QED) is 0.552. The maximum absolute atomic E-state index is 12.1. The molecule has 8 nitrogen and oxygen atoms in total. The summed E-state index contributed by atoms with van der Waals surface area (Å²) < 4.78 is 31.6. The third kappa shape index (κ3) is 4.13. The number of anilines is 1. The highest BCUT2D eigenvalue weighted by molar-refractivity contribution is 7.91. The van der Waals surface area contributed by atoms with Crippen molar-refractivity contribution >= 4 is 32.0 Å². The van der Waals surface area contributed by atoms with Gasteiger partial charge in [-0.1, -0.05) is 11.3 Å². The summed E-state index contributed by atoms with van der Waals surface area (Å²) in [6, 6.07) is 0.630. The van der Waals surface area contributed by atoms with Gasteiger partial charge in [0.15, 0.2) is 5.00 Å². The number of nitrogens with zero attached hydrogens (tertiary/aromatic N) is 1. The predicted octanol–water partition coefficient (Wildman–Crippen LogP) is 1.40. The van der Waals surface area contributed by atoms with Crippen molar-refractivity contribution < 1.29 is 18.1 Å². The van der Waals surface area contributed by atoms with E-state index in [1.54, 1.807) is 6.92 Å². The van der Waals surface area contributed by atoms with Gasteiger partial charge in [0.25, 0.3) is 10.0 Å². The standard InChI is InChI=1S/C10H17N3O5S2/c1-4-18-6-7(2)12-20(16,17)9-5-8(13(14)15)10(11-3)19-9/h5,7,11-12H,4,6H2,1-3H3. The van der Waals surface area contributed by atoms with Crippen LogP contribution < -0.4 is 10.0 Å². The summed E-state index contributed by atoms with van der Waals surface area (Å²) in [5.74, 6) is 0. The van der Waals surface area contributed by atoms with Gasteiger partial charge in [-0.25, -0.2) is 13.1 Å². The Balaban J connectivity index is 2.95. The first kappa shape index (κ1) is 16.8. The van der Waals surface area contributed by atoms with Crippen molar-refractivity contribution in [3.8, 4) is 0 Å². The SMILES string of the molecule is CCOCC(C)NS(=O)(=O)c1cc([N+](=O)[O-])c(NC)s1. The van der Waals surface area contributed by atoms with Crippen molar-refractivity contribution in [2.45, 2.75) is 24.1 Å². The molecule has 0 aliphatic heterocycles. The number of rotatable bonds is 8. The Morgan fingerprint density at radius 3 is 2.65 bits per heavy atom. The van der Waals surface area contributed by atoms with Crippen molar-refractivity contribution in [1.29, 1.82) is 0 Å². The molecule has 0 aliphatic carbocycles. The van der Waals surface area contributed by atoms with E-state index >= 15 is 0 Å². The third-order valence-electron chi connectivity index (χ3n) is 2.31. The van der Waals surface area contributed by atoms with Gasteiger partial charge in [0.05, 0.1) is 11.5 Å². The number of sulfonamides is 1. The molecule has 0 fully saturated rings. The normalized spacial score (nSPS) is 13.2. The first-order chi connectivity index (χ1) is 9.31. The molecule has 0 saturated heterocycles. The van der Waals surface area contributed by atoms with E-state index in [-0.39, 0.29) is 21.5 Å². The summed E-state index contributed by atoms with van der Waals surface area (Å²) in [6.45, 7) is 4.19. The van der Waals surface area contributed by atoms with E-state index in [1.165, 1.54) is 7.05 Å². The van der Waals surface area contributed by atoms with E-state index in [0.717, 1.165) is 17.4 Å². The van der Waals surface area contributed by atoms with Crippen LogP contribution in [0.3, 0.4) is 0 Å². The molecule has 1 atom stereocenters. The lowest BCUT2D eigenvalue weighted by molar-refractivity contribution is -0.383. The summed E-state index contributed by atoms with van der Waals surface area (Å²) in [7, 11) is -2.29. The zero-order valence-electron chi connectivity index (χ0n) is 11.4. The highest BCUT2D eigenvalue weighted by Gasteiger charge is 2.26. The van der Waals surface area contributed by atoms with Gasteiger partial charge in [-0.05, 0) is 13.8 Å². The number of hydrogen-bond donors (Lipinski definition) is 2. The van der Waals surface area contributed by atoms with Gasteiger partial charge >= 0.3 is 5.69 Å². The Kier molecular flexibility index (Phi) is 5.87. The van der Waals surface area contributed by atoms with Crippen LogP contribution in [0.15, 0.2) is 10.3 Å². The fourth-order valence-corrected chi connectivity index (χ4v) is 3.98. The fourth-order valence-electron chi connectivity index (χ4n) is 1.46. The first-order valence-corrected chi connectivity index (χ1v) is 8.17. The molecule has 1 rings (SSSR count). The lowest BCUT2D eigenvalue weighted by Gasteiger charge is -2.12. The van der Waals surface area contributed by atoms with Gasteiger partial charge in [-0.2, -0.15) is 0 Å². The maximum atomic E-state index is 12.1. The summed E-state index contributed by atoms with van der Waals surface area (Å²) in [5, 5.41) is 13.6. The van der Waals surface area contributed by atoms with Crippen molar-refractivity contribution in [2.24, 2.45) is 0 Å². The smallest absolute Gasteiger partial charge is 0.304 e. The molecule has 0 aromatic carbocycles. The Morgan fingerprint density at radius 2 is 2.20 bits per heavy atom. The monoisotopic (exact) mass is 323 g/mol. The molecular weight excluding hydrogens is 306 g/mol. The Labute approximate surface area is 121 Å². The van der Waals surface area contributed by atoms with Gasteiger partial charge in [-0.15, -0.1) is 0 Å². The van der Waals surface area contributed by atoms with E-state index in [4.69, 9.17) is 4.74 Å². The van der Waals surface area contributed by atoms with Crippen LogP contribution in [0.1, 0.15) is 13.8 Å². The number of nitro groups is 1. The van der Waals surface area contributed by atoms with Crippen molar-refractivity contribution in [3.63, 3.8) is 0 Å². The minimum absolute atomic E-state index is 0.100. The highest BCUT2D eigenvalue weighted by Crippen LogP contribution is 2.36. The van der Waals surface area contributed by atoms with Crippen LogP contribution in [0.25, 0.3) is 0 Å². The molecule has 1 heterocycles. The minimum atomic E-state index is -3.79. The van der Waals surface area contributed by atoms with Gasteiger partial charge in [0.1, 0.15) is 4.21 Å². The van der Waals surface area contributed by atoms with Crippen molar-refractivity contribution in [1.82, 2.24) is 4.72 Å². The molecule has 114 valence electrons. The van der Waals surface area contributed by atoms with E-state index in [0.29, 0.717) is 6.61 Å². The fraction of sp³-hybridized carbons (Fsp3) is 0.600. The second-order valence-corrected chi connectivity index (χ2v) is 6.96. The summed E-state index contributed by atoms with van der Waals surface area (Å²) in [5.41, 5.74) is -0.254. The Morgan fingerprint density at radius 1 is 1.55 bits per heavy atom. The average Bonchev–Trinajstić information content (AvgIpc) is 2.80. The third-order valence-corrected chi connectivity index (χ3v) is 5.51. The van der Waals surface area contributed by atoms with Crippen molar-refractivity contribution in [3.05, 3.63) is 16.2 Å². The largest absolute Gasteiger partial charge is 0.380 e. The molecule has 1 unspecified atom stereocenters. The second kappa shape index (κ2) is 6.97. The van der Waals surface area contributed by atoms with E-state index in [1.807, 2.05) is 6.92 Å². The van der Waals surface area contributed by atoms with Crippen LogP contribution in [-0.4, -0.2) is 39.6 Å². The maximum Gasteiger partial charge on any atom is 0.304 e. The number of ether oxygens (including phenoxy) is 1. The van der Waals surface area contributed by atoms with Crippen LogP contribution in [0, 0.1) is 10.1 Å². The molecule has 0 aliphatic rings. The summed E-state index contributed by atoms with van der Waals surface area (Å²) in [4.78, 5) is 10.2. The minimum Gasteiger partial charge on any atom is -0.380 e. The molecule has 10 heteroatoms. The lowest BCUT2D eigenvalue weighted by atomic mass is 10.4. The molecule has 0 bridgehead atoms.